The van der Waals surface area contributed by atoms with E-state index in [1.54, 1.807) is 13.4 Å². The van der Waals surface area contributed by atoms with Crippen LogP contribution in [0.15, 0.2) is 12.4 Å². The zero-order chi connectivity index (χ0) is 13.0. The summed E-state index contributed by atoms with van der Waals surface area (Å²) in [4.78, 5) is 8.32. The maximum atomic E-state index is 5.63. The number of rotatable bonds is 5. The Morgan fingerprint density at radius 2 is 2.39 bits per heavy atom. The van der Waals surface area contributed by atoms with Crippen LogP contribution in [0.3, 0.4) is 0 Å². The molecule has 3 atom stereocenters. The predicted molar refractivity (Wildman–Crippen MR) is 68.7 cm³/mol. The zero-order valence-electron chi connectivity index (χ0n) is 11.2. The smallest absolute Gasteiger partial charge is 0.216 e. The standard InChI is InChI=1S/C13H21N3O2/c1-9-11(4-5-18-9)12(14-2)6-10-7-13(17-3)16-8-15-10/h7-9,11-12,14H,4-6H2,1-3H3. The van der Waals surface area contributed by atoms with E-state index in [0.717, 1.165) is 25.1 Å². The Morgan fingerprint density at radius 3 is 3.00 bits per heavy atom. The number of hydrogen-bond acceptors (Lipinski definition) is 5. The van der Waals surface area contributed by atoms with Crippen LogP contribution in [-0.2, 0) is 11.2 Å². The molecule has 0 aromatic carbocycles. The van der Waals surface area contributed by atoms with Gasteiger partial charge in [-0.15, -0.1) is 0 Å². The summed E-state index contributed by atoms with van der Waals surface area (Å²) in [5.74, 6) is 1.15. The summed E-state index contributed by atoms with van der Waals surface area (Å²) >= 11 is 0. The minimum Gasteiger partial charge on any atom is -0.481 e. The van der Waals surface area contributed by atoms with Gasteiger partial charge in [0.15, 0.2) is 0 Å². The average molecular weight is 251 g/mol. The maximum absolute atomic E-state index is 5.63. The van der Waals surface area contributed by atoms with Gasteiger partial charge in [-0.25, -0.2) is 9.97 Å². The third-order valence-corrected chi connectivity index (χ3v) is 3.66. The maximum Gasteiger partial charge on any atom is 0.216 e. The third kappa shape index (κ3) is 2.97. The fourth-order valence-corrected chi connectivity index (χ4v) is 2.57. The molecule has 0 spiro atoms. The Morgan fingerprint density at radius 1 is 1.56 bits per heavy atom. The second kappa shape index (κ2) is 6.11. The fourth-order valence-electron chi connectivity index (χ4n) is 2.57. The molecule has 3 unspecified atom stereocenters. The molecular formula is C13H21N3O2. The van der Waals surface area contributed by atoms with E-state index in [1.165, 1.54) is 0 Å². The molecule has 1 saturated heterocycles. The average Bonchev–Trinajstić information content (AvgIpc) is 2.82. The Kier molecular flexibility index (Phi) is 4.49. The molecular weight excluding hydrogens is 230 g/mol. The molecule has 0 bridgehead atoms. The van der Waals surface area contributed by atoms with E-state index in [1.807, 2.05) is 13.1 Å². The molecule has 2 heterocycles. The van der Waals surface area contributed by atoms with E-state index < -0.39 is 0 Å². The number of hydrogen-bond donors (Lipinski definition) is 1. The molecule has 1 aromatic rings. The number of nitrogens with one attached hydrogen (secondary N) is 1. The van der Waals surface area contributed by atoms with Gasteiger partial charge >= 0.3 is 0 Å². The van der Waals surface area contributed by atoms with Gasteiger partial charge in [0.05, 0.1) is 13.2 Å². The molecule has 1 aliphatic heterocycles. The summed E-state index contributed by atoms with van der Waals surface area (Å²) < 4.78 is 10.8. The van der Waals surface area contributed by atoms with Crippen molar-refractivity contribution in [1.29, 1.82) is 0 Å². The van der Waals surface area contributed by atoms with Crippen LogP contribution >= 0.6 is 0 Å². The molecule has 18 heavy (non-hydrogen) atoms. The molecule has 5 nitrogen and oxygen atoms in total. The molecule has 1 aliphatic rings. The van der Waals surface area contributed by atoms with Crippen molar-refractivity contribution in [3.8, 4) is 5.88 Å². The number of likely N-dealkylation sites (N-methyl/N-ethyl adjacent to an activating group) is 1. The highest BCUT2D eigenvalue weighted by molar-refractivity contribution is 5.14. The Balaban J connectivity index is 2.05. The van der Waals surface area contributed by atoms with E-state index >= 15 is 0 Å². The van der Waals surface area contributed by atoms with Gasteiger partial charge in [-0.05, 0) is 20.4 Å². The van der Waals surface area contributed by atoms with Crippen LogP contribution in [0.25, 0.3) is 0 Å². The first-order valence-electron chi connectivity index (χ1n) is 6.38. The van der Waals surface area contributed by atoms with Crippen LogP contribution < -0.4 is 10.1 Å². The van der Waals surface area contributed by atoms with Gasteiger partial charge in [0, 0.05) is 36.7 Å². The van der Waals surface area contributed by atoms with Crippen LogP contribution in [0.2, 0.25) is 0 Å². The van der Waals surface area contributed by atoms with Crippen molar-refractivity contribution in [3.63, 3.8) is 0 Å². The quantitative estimate of drug-likeness (QED) is 0.847. The van der Waals surface area contributed by atoms with E-state index in [-0.39, 0.29) is 0 Å². The fraction of sp³-hybridized carbons (Fsp3) is 0.692. The summed E-state index contributed by atoms with van der Waals surface area (Å²) in [6.07, 6.45) is 3.84. The third-order valence-electron chi connectivity index (χ3n) is 3.66. The van der Waals surface area contributed by atoms with E-state index in [2.05, 4.69) is 22.2 Å². The van der Waals surface area contributed by atoms with E-state index in [4.69, 9.17) is 9.47 Å². The second-order valence-electron chi connectivity index (χ2n) is 4.68. The van der Waals surface area contributed by atoms with Gasteiger partial charge < -0.3 is 14.8 Å². The van der Waals surface area contributed by atoms with Gasteiger partial charge in [-0.3, -0.25) is 0 Å². The number of methoxy groups -OCH3 is 1. The van der Waals surface area contributed by atoms with Crippen LogP contribution in [0, 0.1) is 5.92 Å². The lowest BCUT2D eigenvalue weighted by Gasteiger charge is -2.25. The highest BCUT2D eigenvalue weighted by atomic mass is 16.5. The van der Waals surface area contributed by atoms with Gasteiger partial charge in [0.25, 0.3) is 0 Å². The normalized spacial score (nSPS) is 25.1. The van der Waals surface area contributed by atoms with Crippen LogP contribution in [0.5, 0.6) is 5.88 Å². The highest BCUT2D eigenvalue weighted by Crippen LogP contribution is 2.25. The van der Waals surface area contributed by atoms with E-state index in [9.17, 15) is 0 Å². The Labute approximate surface area is 108 Å². The first-order valence-corrected chi connectivity index (χ1v) is 6.38. The lowest BCUT2D eigenvalue weighted by molar-refractivity contribution is 0.0962. The topological polar surface area (TPSA) is 56.3 Å². The lowest BCUT2D eigenvalue weighted by atomic mass is 9.90. The van der Waals surface area contributed by atoms with Crippen molar-refractivity contribution in [2.45, 2.75) is 31.9 Å². The van der Waals surface area contributed by atoms with Crippen molar-refractivity contribution < 1.29 is 9.47 Å². The van der Waals surface area contributed by atoms with Crippen molar-refractivity contribution in [1.82, 2.24) is 15.3 Å². The highest BCUT2D eigenvalue weighted by Gasteiger charge is 2.31. The summed E-state index contributed by atoms with van der Waals surface area (Å²) in [6, 6.07) is 2.27. The lowest BCUT2D eigenvalue weighted by Crippen LogP contribution is -2.39. The van der Waals surface area contributed by atoms with Crippen molar-refractivity contribution in [2.24, 2.45) is 5.92 Å². The first kappa shape index (κ1) is 13.2. The second-order valence-corrected chi connectivity index (χ2v) is 4.68. The van der Waals surface area contributed by atoms with Crippen LogP contribution in [0.1, 0.15) is 19.0 Å². The molecule has 100 valence electrons. The molecule has 0 amide bonds. The molecule has 5 heteroatoms. The SMILES string of the molecule is CNC(Cc1cc(OC)ncn1)C1CCOC1C. The van der Waals surface area contributed by atoms with Crippen LogP contribution in [0.4, 0.5) is 0 Å². The van der Waals surface area contributed by atoms with Crippen LogP contribution in [-0.4, -0.2) is 42.9 Å². The van der Waals surface area contributed by atoms with Gasteiger partial charge in [-0.1, -0.05) is 0 Å². The number of nitrogens with zero attached hydrogens (tertiary/aromatic N) is 2. The minimum atomic E-state index is 0.311. The number of aromatic nitrogens is 2. The van der Waals surface area contributed by atoms with Crippen molar-refractivity contribution >= 4 is 0 Å². The molecule has 1 N–H and O–H groups in total. The summed E-state index contributed by atoms with van der Waals surface area (Å²) in [5.41, 5.74) is 1.00. The molecule has 1 aromatic heterocycles. The monoisotopic (exact) mass is 251 g/mol. The minimum absolute atomic E-state index is 0.311. The van der Waals surface area contributed by atoms with Crippen molar-refractivity contribution in [2.75, 3.05) is 20.8 Å². The largest absolute Gasteiger partial charge is 0.481 e. The predicted octanol–water partition coefficient (Wildman–Crippen LogP) is 1.04. The summed E-state index contributed by atoms with van der Waals surface area (Å²) in [7, 11) is 3.61. The van der Waals surface area contributed by atoms with E-state index in [0.29, 0.717) is 23.9 Å². The van der Waals surface area contributed by atoms with Crippen molar-refractivity contribution in [3.05, 3.63) is 18.1 Å². The molecule has 0 radical (unpaired) electrons. The molecule has 0 aliphatic carbocycles. The van der Waals surface area contributed by atoms with Gasteiger partial charge in [0.1, 0.15) is 6.33 Å². The van der Waals surface area contributed by atoms with Gasteiger partial charge in [0.2, 0.25) is 5.88 Å². The summed E-state index contributed by atoms with van der Waals surface area (Å²) in [5, 5.41) is 3.38. The molecule has 2 rings (SSSR count). The Bertz CT molecular complexity index is 386. The number of ether oxygens (including phenoxy) is 2. The Hall–Kier alpha value is -1.20. The summed E-state index contributed by atoms with van der Waals surface area (Å²) in [6.45, 7) is 3.00. The molecule has 1 fully saturated rings. The molecule has 0 saturated carbocycles. The zero-order valence-corrected chi connectivity index (χ0v) is 11.2. The van der Waals surface area contributed by atoms with Gasteiger partial charge in [-0.2, -0.15) is 0 Å². The first-order chi connectivity index (χ1) is 8.74.